The molecule has 28 heavy (non-hydrogen) atoms. The Bertz CT molecular complexity index is 822. The van der Waals surface area contributed by atoms with Crippen LogP contribution in [0.4, 0.5) is 11.4 Å². The van der Waals surface area contributed by atoms with Gasteiger partial charge in [0, 0.05) is 49.0 Å². The minimum Gasteiger partial charge on any atom is -0.495 e. The average molecular weight is 424 g/mol. The summed E-state index contributed by atoms with van der Waals surface area (Å²) in [6, 6.07) is 11.1. The highest BCUT2D eigenvalue weighted by atomic mass is 35.5. The maximum Gasteiger partial charge on any atom is 0.238 e. The number of nitrogens with one attached hydrogen (secondary N) is 1. The second kappa shape index (κ2) is 9.37. The van der Waals surface area contributed by atoms with Gasteiger partial charge in [-0.1, -0.05) is 23.2 Å². The van der Waals surface area contributed by atoms with Crippen LogP contribution in [0.5, 0.6) is 11.5 Å². The molecule has 0 aromatic heterocycles. The molecule has 8 heteroatoms. The van der Waals surface area contributed by atoms with Crippen LogP contribution in [0.15, 0.2) is 36.4 Å². The number of carbonyl (C=O) groups is 1. The summed E-state index contributed by atoms with van der Waals surface area (Å²) in [7, 11) is 3.06. The maximum atomic E-state index is 12.5. The molecule has 0 aliphatic carbocycles. The Hall–Kier alpha value is -2.15. The number of halogens is 2. The third-order valence-electron chi connectivity index (χ3n) is 4.68. The number of hydrogen-bond acceptors (Lipinski definition) is 5. The van der Waals surface area contributed by atoms with Crippen molar-refractivity contribution in [2.45, 2.75) is 0 Å². The molecule has 1 aliphatic rings. The first-order chi connectivity index (χ1) is 13.5. The van der Waals surface area contributed by atoms with E-state index in [1.807, 2.05) is 24.3 Å². The number of ether oxygens (including phenoxy) is 2. The van der Waals surface area contributed by atoms with Crippen molar-refractivity contribution in [1.82, 2.24) is 4.90 Å². The third-order valence-corrected chi connectivity index (χ3v) is 5.23. The Morgan fingerprint density at radius 3 is 2.25 bits per heavy atom. The molecule has 1 N–H and O–H groups in total. The summed E-state index contributed by atoms with van der Waals surface area (Å²) in [4.78, 5) is 16.9. The van der Waals surface area contributed by atoms with E-state index in [0.717, 1.165) is 36.9 Å². The van der Waals surface area contributed by atoms with Crippen molar-refractivity contribution in [1.29, 1.82) is 0 Å². The van der Waals surface area contributed by atoms with Crippen molar-refractivity contribution in [3.05, 3.63) is 46.4 Å². The normalized spacial score (nSPS) is 14.6. The summed E-state index contributed by atoms with van der Waals surface area (Å²) >= 11 is 12.1. The molecule has 1 aliphatic heterocycles. The number of anilines is 2. The van der Waals surface area contributed by atoms with Gasteiger partial charge in [0.05, 0.1) is 31.5 Å². The molecule has 1 amide bonds. The lowest BCUT2D eigenvalue weighted by Gasteiger charge is -2.35. The second-order valence-electron chi connectivity index (χ2n) is 6.47. The average Bonchev–Trinajstić information content (AvgIpc) is 2.70. The number of rotatable bonds is 6. The fourth-order valence-corrected chi connectivity index (χ4v) is 3.52. The zero-order valence-corrected chi connectivity index (χ0v) is 17.4. The molecule has 3 rings (SSSR count). The van der Waals surface area contributed by atoms with Crippen molar-refractivity contribution in [2.24, 2.45) is 0 Å². The van der Waals surface area contributed by atoms with Gasteiger partial charge in [-0.15, -0.1) is 0 Å². The molecular formula is C20H23Cl2N3O3. The first-order valence-electron chi connectivity index (χ1n) is 8.94. The predicted molar refractivity (Wildman–Crippen MR) is 113 cm³/mol. The molecule has 1 fully saturated rings. The zero-order valence-electron chi connectivity index (χ0n) is 15.9. The van der Waals surface area contributed by atoms with E-state index >= 15 is 0 Å². The Morgan fingerprint density at radius 2 is 1.64 bits per heavy atom. The maximum absolute atomic E-state index is 12.5. The van der Waals surface area contributed by atoms with Crippen molar-refractivity contribution < 1.29 is 14.3 Å². The lowest BCUT2D eigenvalue weighted by atomic mass is 10.2. The van der Waals surface area contributed by atoms with Gasteiger partial charge in [0.2, 0.25) is 5.91 Å². The highest BCUT2D eigenvalue weighted by Crippen LogP contribution is 2.35. The van der Waals surface area contributed by atoms with Gasteiger partial charge >= 0.3 is 0 Å². The molecule has 1 heterocycles. The number of nitrogens with zero attached hydrogens (tertiary/aromatic N) is 2. The van der Waals surface area contributed by atoms with Crippen molar-refractivity contribution in [2.75, 3.05) is 57.2 Å². The molecule has 2 aromatic carbocycles. The van der Waals surface area contributed by atoms with Crippen LogP contribution in [0.25, 0.3) is 0 Å². The summed E-state index contributed by atoms with van der Waals surface area (Å²) in [5.74, 6) is 0.865. The number of amides is 1. The lowest BCUT2D eigenvalue weighted by molar-refractivity contribution is -0.117. The lowest BCUT2D eigenvalue weighted by Crippen LogP contribution is -2.48. The summed E-state index contributed by atoms with van der Waals surface area (Å²) in [6.07, 6.45) is 0. The van der Waals surface area contributed by atoms with Crippen molar-refractivity contribution in [3.63, 3.8) is 0 Å². The van der Waals surface area contributed by atoms with Gasteiger partial charge in [-0.2, -0.15) is 0 Å². The van der Waals surface area contributed by atoms with Gasteiger partial charge in [0.15, 0.2) is 0 Å². The van der Waals surface area contributed by atoms with Crippen LogP contribution in [-0.2, 0) is 4.79 Å². The SMILES string of the molecule is COc1cc(NC(=O)CN2CCN(c3ccc(Cl)cc3)CC2)c(OC)cc1Cl. The highest BCUT2D eigenvalue weighted by molar-refractivity contribution is 6.32. The first-order valence-corrected chi connectivity index (χ1v) is 9.70. The molecular weight excluding hydrogens is 401 g/mol. The summed E-state index contributed by atoms with van der Waals surface area (Å²) in [5.41, 5.74) is 1.68. The van der Waals surface area contributed by atoms with E-state index in [-0.39, 0.29) is 5.91 Å². The molecule has 0 saturated carbocycles. The third kappa shape index (κ3) is 5.01. The fourth-order valence-electron chi connectivity index (χ4n) is 3.17. The smallest absolute Gasteiger partial charge is 0.238 e. The van der Waals surface area contributed by atoms with Crippen molar-refractivity contribution in [3.8, 4) is 11.5 Å². The number of carbonyl (C=O) groups excluding carboxylic acids is 1. The zero-order chi connectivity index (χ0) is 20.1. The van der Waals surface area contributed by atoms with Crippen LogP contribution < -0.4 is 19.7 Å². The monoisotopic (exact) mass is 423 g/mol. The second-order valence-corrected chi connectivity index (χ2v) is 7.32. The molecule has 6 nitrogen and oxygen atoms in total. The summed E-state index contributed by atoms with van der Waals surface area (Å²) < 4.78 is 10.5. The number of benzene rings is 2. The van der Waals surface area contributed by atoms with Gasteiger partial charge in [0.25, 0.3) is 0 Å². The van der Waals surface area contributed by atoms with Crippen LogP contribution in [-0.4, -0.2) is 57.8 Å². The molecule has 150 valence electrons. The Balaban J connectivity index is 1.55. The van der Waals surface area contributed by atoms with Gasteiger partial charge in [-0.25, -0.2) is 0 Å². The van der Waals surface area contributed by atoms with E-state index < -0.39 is 0 Å². The highest BCUT2D eigenvalue weighted by Gasteiger charge is 2.20. The summed E-state index contributed by atoms with van der Waals surface area (Å²) in [6.45, 7) is 3.62. The molecule has 0 unspecified atom stereocenters. The fraction of sp³-hybridized carbons (Fsp3) is 0.350. The standard InChI is InChI=1S/C20H23Cl2N3O3/c1-27-18-12-17(19(28-2)11-16(18)22)23-20(26)13-24-7-9-25(10-8-24)15-5-3-14(21)4-6-15/h3-6,11-12H,7-10,13H2,1-2H3,(H,23,26). The van der Waals surface area contributed by atoms with E-state index in [1.165, 1.54) is 14.2 Å². The van der Waals surface area contributed by atoms with E-state index in [1.54, 1.807) is 12.1 Å². The van der Waals surface area contributed by atoms with Crippen LogP contribution in [0.2, 0.25) is 10.0 Å². The van der Waals surface area contributed by atoms with E-state index in [0.29, 0.717) is 28.8 Å². The molecule has 0 spiro atoms. The van der Waals surface area contributed by atoms with Gasteiger partial charge in [-0.05, 0) is 24.3 Å². The Kier molecular flexibility index (Phi) is 6.88. The topological polar surface area (TPSA) is 54.0 Å². The molecule has 2 aromatic rings. The van der Waals surface area contributed by atoms with Crippen LogP contribution in [0.1, 0.15) is 0 Å². The Labute approximate surface area is 174 Å². The van der Waals surface area contributed by atoms with Gasteiger partial charge < -0.3 is 19.7 Å². The number of hydrogen-bond donors (Lipinski definition) is 1. The first kappa shape index (κ1) is 20.6. The predicted octanol–water partition coefficient (Wildman–Crippen LogP) is 3.77. The molecule has 0 atom stereocenters. The van der Waals surface area contributed by atoms with E-state index in [2.05, 4.69) is 15.1 Å². The summed E-state index contributed by atoms with van der Waals surface area (Å²) in [5, 5.41) is 4.04. The number of piperazine rings is 1. The molecule has 0 radical (unpaired) electrons. The van der Waals surface area contributed by atoms with Crippen molar-refractivity contribution >= 4 is 40.5 Å². The van der Waals surface area contributed by atoms with E-state index in [9.17, 15) is 4.79 Å². The quantitative estimate of drug-likeness (QED) is 0.765. The van der Waals surface area contributed by atoms with Gasteiger partial charge in [0.1, 0.15) is 11.5 Å². The minimum absolute atomic E-state index is 0.109. The largest absolute Gasteiger partial charge is 0.495 e. The Morgan fingerprint density at radius 1 is 1.00 bits per heavy atom. The van der Waals surface area contributed by atoms with Crippen LogP contribution in [0, 0.1) is 0 Å². The molecule has 0 bridgehead atoms. The van der Waals surface area contributed by atoms with Crippen LogP contribution in [0.3, 0.4) is 0 Å². The minimum atomic E-state index is -0.109. The number of methoxy groups -OCH3 is 2. The van der Waals surface area contributed by atoms with Crippen LogP contribution >= 0.6 is 23.2 Å². The molecule has 1 saturated heterocycles. The van der Waals surface area contributed by atoms with Gasteiger partial charge in [-0.3, -0.25) is 9.69 Å². The van der Waals surface area contributed by atoms with E-state index in [4.69, 9.17) is 32.7 Å².